The highest BCUT2D eigenvalue weighted by Gasteiger charge is 2.39. The summed E-state index contributed by atoms with van der Waals surface area (Å²) in [6.07, 6.45) is 26.7. The second-order valence-corrected chi connectivity index (χ2v) is 16.5. The number of para-hydroxylation sites is 1. The molecule has 0 N–H and O–H groups in total. The average molecular weight is 714 g/mol. The van der Waals surface area contributed by atoms with E-state index in [0.29, 0.717) is 17.8 Å². The molecule has 4 aliphatic rings. The molecule has 3 nitrogen and oxygen atoms in total. The average Bonchev–Trinajstić information content (AvgIpc) is 3.66. The van der Waals surface area contributed by atoms with Crippen molar-refractivity contribution < 1.29 is 0 Å². The van der Waals surface area contributed by atoms with E-state index in [0.717, 1.165) is 18.5 Å². The highest BCUT2D eigenvalue weighted by Crippen LogP contribution is 2.52. The topological polar surface area (TPSA) is 21.1 Å². The van der Waals surface area contributed by atoms with Crippen LogP contribution in [0.15, 0.2) is 175 Å². The third kappa shape index (κ3) is 5.59. The van der Waals surface area contributed by atoms with E-state index in [4.69, 9.17) is 0 Å². The first-order valence-electron chi connectivity index (χ1n) is 20.0. The number of anilines is 2. The maximum atomic E-state index is 4.40. The second-order valence-electron chi connectivity index (χ2n) is 16.5. The number of hydrogen-bond acceptors (Lipinski definition) is 2. The van der Waals surface area contributed by atoms with Crippen LogP contribution in [0.2, 0.25) is 0 Å². The molecular formula is C52H47N3. The first-order valence-corrected chi connectivity index (χ1v) is 20.0. The molecule has 55 heavy (non-hydrogen) atoms. The zero-order valence-corrected chi connectivity index (χ0v) is 32.2. The van der Waals surface area contributed by atoms with Crippen molar-refractivity contribution in [2.45, 2.75) is 57.9 Å². The van der Waals surface area contributed by atoms with Crippen molar-refractivity contribution in [1.29, 1.82) is 0 Å². The highest BCUT2D eigenvalue weighted by molar-refractivity contribution is 6.09. The summed E-state index contributed by atoms with van der Waals surface area (Å²) in [5, 5.41) is 2.61. The summed E-state index contributed by atoms with van der Waals surface area (Å²) in [5.41, 5.74) is 15.6. The van der Waals surface area contributed by atoms with Gasteiger partial charge in [-0.05, 0) is 113 Å². The van der Waals surface area contributed by atoms with E-state index in [1.807, 2.05) is 18.5 Å². The molecule has 4 atom stereocenters. The van der Waals surface area contributed by atoms with Crippen LogP contribution in [0.4, 0.5) is 11.4 Å². The van der Waals surface area contributed by atoms with Gasteiger partial charge in [0.05, 0.1) is 6.04 Å². The highest BCUT2D eigenvalue weighted by atomic mass is 15.1. The number of benzene rings is 4. The third-order valence-corrected chi connectivity index (χ3v) is 12.7. The van der Waals surface area contributed by atoms with Crippen molar-refractivity contribution in [1.82, 2.24) is 9.55 Å². The molecule has 0 saturated carbocycles. The molecule has 0 bridgehead atoms. The minimum absolute atomic E-state index is 0.0127. The Morgan fingerprint density at radius 1 is 0.727 bits per heavy atom. The maximum Gasteiger partial charge on any atom is 0.0585 e. The summed E-state index contributed by atoms with van der Waals surface area (Å²) in [6.45, 7) is 9.48. The number of pyridine rings is 1. The zero-order chi connectivity index (χ0) is 37.3. The summed E-state index contributed by atoms with van der Waals surface area (Å²) in [4.78, 5) is 6.86. The van der Waals surface area contributed by atoms with Crippen LogP contribution in [0, 0.1) is 11.8 Å². The van der Waals surface area contributed by atoms with Gasteiger partial charge in [-0.25, -0.2) is 0 Å². The monoisotopic (exact) mass is 713 g/mol. The third-order valence-electron chi connectivity index (χ3n) is 12.7. The molecule has 4 aromatic carbocycles. The van der Waals surface area contributed by atoms with Crippen LogP contribution in [0.25, 0.3) is 38.5 Å². The number of rotatable bonds is 6. The fourth-order valence-electron chi connectivity index (χ4n) is 9.69. The van der Waals surface area contributed by atoms with Gasteiger partial charge in [0, 0.05) is 62.6 Å². The molecule has 4 unspecified atom stereocenters. The summed E-state index contributed by atoms with van der Waals surface area (Å²) in [7, 11) is 0. The van der Waals surface area contributed by atoms with Gasteiger partial charge in [-0.1, -0.05) is 130 Å². The largest absolute Gasteiger partial charge is 0.333 e. The fraction of sp³-hybridized carbons (Fsp3) is 0.212. The number of hydrogen-bond donors (Lipinski definition) is 0. The van der Waals surface area contributed by atoms with Crippen molar-refractivity contribution in [3.8, 4) is 11.1 Å². The van der Waals surface area contributed by atoms with Crippen LogP contribution in [0.5, 0.6) is 0 Å². The van der Waals surface area contributed by atoms with Gasteiger partial charge in [0.2, 0.25) is 0 Å². The maximum absolute atomic E-state index is 4.40. The number of aromatic nitrogens is 2. The summed E-state index contributed by atoms with van der Waals surface area (Å²) < 4.78 is 2.53. The molecule has 0 amide bonds. The lowest BCUT2D eigenvalue weighted by Gasteiger charge is -2.31. The molecule has 0 aliphatic heterocycles. The van der Waals surface area contributed by atoms with Crippen molar-refractivity contribution in [3.05, 3.63) is 192 Å². The van der Waals surface area contributed by atoms with E-state index in [9.17, 15) is 0 Å². The Kier molecular flexibility index (Phi) is 8.03. The van der Waals surface area contributed by atoms with Gasteiger partial charge in [-0.15, -0.1) is 0 Å². The lowest BCUT2D eigenvalue weighted by atomic mass is 9.76. The molecule has 2 heterocycles. The quantitative estimate of drug-likeness (QED) is 0.171. The first kappa shape index (κ1) is 33.6. The van der Waals surface area contributed by atoms with Gasteiger partial charge >= 0.3 is 0 Å². The van der Waals surface area contributed by atoms with Gasteiger partial charge in [-0.2, -0.15) is 0 Å². The minimum Gasteiger partial charge on any atom is -0.333 e. The Labute approximate surface area is 325 Å². The van der Waals surface area contributed by atoms with Crippen LogP contribution in [0.3, 0.4) is 0 Å². The molecule has 3 heteroatoms. The predicted octanol–water partition coefficient (Wildman–Crippen LogP) is 13.6. The van der Waals surface area contributed by atoms with E-state index < -0.39 is 0 Å². The Bertz CT molecular complexity index is 2660. The Morgan fingerprint density at radius 3 is 2.33 bits per heavy atom. The van der Waals surface area contributed by atoms with E-state index in [1.165, 1.54) is 66.6 Å². The molecule has 6 aromatic rings. The van der Waals surface area contributed by atoms with Crippen molar-refractivity contribution in [2.75, 3.05) is 4.90 Å². The summed E-state index contributed by atoms with van der Waals surface area (Å²) >= 11 is 0. The molecule has 10 rings (SSSR count). The minimum atomic E-state index is -0.0127. The number of nitrogens with zero attached hydrogens (tertiary/aromatic N) is 3. The lowest BCUT2D eigenvalue weighted by molar-refractivity contribution is 0.510. The smallest absolute Gasteiger partial charge is 0.0585 e. The van der Waals surface area contributed by atoms with Gasteiger partial charge in [0.15, 0.2) is 0 Å². The fourth-order valence-corrected chi connectivity index (χ4v) is 9.69. The van der Waals surface area contributed by atoms with Gasteiger partial charge in [-0.3, -0.25) is 4.98 Å². The normalized spacial score (nSPS) is 22.3. The molecule has 0 saturated heterocycles. The van der Waals surface area contributed by atoms with Crippen LogP contribution in [-0.4, -0.2) is 9.55 Å². The predicted molar refractivity (Wildman–Crippen MR) is 232 cm³/mol. The van der Waals surface area contributed by atoms with Crippen LogP contribution in [-0.2, 0) is 5.41 Å². The standard InChI is InChI=1S/C52H47N3/c1-34-15-26-43-44-27-25-42(32-48(44)52(3,4)47(43)30-34)54(41-23-18-37(19-24-41)39-11-9-29-53-33-39)40-21-16-36(17-22-40)38-20-28-51-46(31-38)45-12-6-8-14-50(45)55(51)49-13-7-5-10-35(49)2/h5-18,20-29,31-35,37,49H,19,30H2,1-4H3. The van der Waals surface area contributed by atoms with Gasteiger partial charge in [0.1, 0.15) is 0 Å². The zero-order valence-electron chi connectivity index (χ0n) is 32.2. The van der Waals surface area contributed by atoms with E-state index in [2.05, 4.69) is 188 Å². The molecule has 0 radical (unpaired) electrons. The van der Waals surface area contributed by atoms with Crippen molar-refractivity contribution >= 4 is 38.8 Å². The Morgan fingerprint density at radius 2 is 1.53 bits per heavy atom. The first-order chi connectivity index (χ1) is 26.8. The molecule has 4 aliphatic carbocycles. The molecule has 270 valence electrons. The Balaban J connectivity index is 1.03. The molecule has 0 fully saturated rings. The van der Waals surface area contributed by atoms with E-state index in [1.54, 1.807) is 5.57 Å². The molecule has 2 aromatic heterocycles. The van der Waals surface area contributed by atoms with Crippen LogP contribution >= 0.6 is 0 Å². The Hall–Kier alpha value is -5.93. The molecular weight excluding hydrogens is 667 g/mol. The molecule has 0 spiro atoms. The number of fused-ring (bicyclic) bond motifs is 5. The van der Waals surface area contributed by atoms with Gasteiger partial charge < -0.3 is 9.47 Å². The second kappa shape index (κ2) is 13.1. The summed E-state index contributed by atoms with van der Waals surface area (Å²) in [5.74, 6) is 1.31. The van der Waals surface area contributed by atoms with Crippen LogP contribution < -0.4 is 4.90 Å². The van der Waals surface area contributed by atoms with Crippen molar-refractivity contribution in [2.24, 2.45) is 11.8 Å². The van der Waals surface area contributed by atoms with Crippen molar-refractivity contribution in [3.63, 3.8) is 0 Å². The number of allylic oxidation sites excluding steroid dienone is 11. The van der Waals surface area contributed by atoms with Crippen LogP contribution in [0.1, 0.15) is 69.2 Å². The van der Waals surface area contributed by atoms with E-state index >= 15 is 0 Å². The SMILES string of the molecule is CC1C=CC2=C(C1)C(C)(C)c1cc(N(C3=CCC(c4cccnc4)C=C3)c3ccc(-c4ccc5c(c4)c4ccccc4n5C4C=CC=CC4C)cc3)ccc12. The summed E-state index contributed by atoms with van der Waals surface area (Å²) in [6, 6.07) is 36.8. The lowest BCUT2D eigenvalue weighted by Crippen LogP contribution is -2.21. The van der Waals surface area contributed by atoms with E-state index in [-0.39, 0.29) is 11.5 Å². The van der Waals surface area contributed by atoms with Gasteiger partial charge in [0.25, 0.3) is 0 Å².